The maximum atomic E-state index is 12.1. The Hall–Kier alpha value is -1.31. The van der Waals surface area contributed by atoms with Crippen LogP contribution in [0.5, 0.6) is 0 Å². The van der Waals surface area contributed by atoms with Crippen molar-refractivity contribution in [3.8, 4) is 0 Å². The molecule has 2 N–H and O–H groups in total. The zero-order chi connectivity index (χ0) is 15.6. The number of hydrogen-bond acceptors (Lipinski definition) is 4. The summed E-state index contributed by atoms with van der Waals surface area (Å²) in [4.78, 5) is 24.1. The predicted octanol–water partition coefficient (Wildman–Crippen LogP) is 0.316. The first kappa shape index (κ1) is 16.7. The van der Waals surface area contributed by atoms with Crippen molar-refractivity contribution in [2.45, 2.75) is 33.2 Å². The van der Waals surface area contributed by atoms with Gasteiger partial charge in [0, 0.05) is 12.6 Å². The van der Waals surface area contributed by atoms with Gasteiger partial charge in [-0.2, -0.15) is 0 Å². The maximum Gasteiger partial charge on any atom is 0.323 e. The Kier molecular flexibility index (Phi) is 5.01. The van der Waals surface area contributed by atoms with Gasteiger partial charge in [-0.15, -0.1) is 0 Å². The van der Waals surface area contributed by atoms with Crippen molar-refractivity contribution >= 4 is 21.8 Å². The second-order valence-electron chi connectivity index (χ2n) is 6.30. The number of amides is 2. The van der Waals surface area contributed by atoms with E-state index in [0.29, 0.717) is 13.0 Å². The van der Waals surface area contributed by atoms with Gasteiger partial charge < -0.3 is 15.3 Å². The number of carboxylic acid groups (broad SMARTS) is 1. The molecule has 1 aliphatic rings. The third kappa shape index (κ3) is 5.36. The van der Waals surface area contributed by atoms with Gasteiger partial charge in [-0.1, -0.05) is 20.8 Å². The fraction of sp³-hybridized carbons (Fsp3) is 0.833. The molecule has 0 aromatic rings. The lowest BCUT2D eigenvalue weighted by Crippen LogP contribution is -2.50. The lowest BCUT2D eigenvalue weighted by Gasteiger charge is -2.28. The second-order valence-corrected chi connectivity index (χ2v) is 8.53. The van der Waals surface area contributed by atoms with Crippen LogP contribution >= 0.6 is 0 Å². The quantitative estimate of drug-likeness (QED) is 0.778. The highest BCUT2D eigenvalue weighted by molar-refractivity contribution is 7.91. The summed E-state index contributed by atoms with van der Waals surface area (Å²) >= 11 is 0. The number of carboxylic acids is 1. The molecule has 0 bridgehead atoms. The molecular formula is C12H22N2O5S. The Labute approximate surface area is 119 Å². The predicted molar refractivity (Wildman–Crippen MR) is 74.3 cm³/mol. The Morgan fingerprint density at radius 3 is 2.35 bits per heavy atom. The summed E-state index contributed by atoms with van der Waals surface area (Å²) in [7, 11) is -3.17. The molecule has 20 heavy (non-hydrogen) atoms. The van der Waals surface area contributed by atoms with E-state index in [1.807, 2.05) is 20.8 Å². The van der Waals surface area contributed by atoms with Gasteiger partial charge in [0.15, 0.2) is 9.84 Å². The molecule has 0 aromatic carbocycles. The van der Waals surface area contributed by atoms with Crippen LogP contribution in [-0.2, 0) is 14.6 Å². The van der Waals surface area contributed by atoms with Crippen molar-refractivity contribution in [3.63, 3.8) is 0 Å². The van der Waals surface area contributed by atoms with Gasteiger partial charge in [-0.3, -0.25) is 4.79 Å². The molecule has 0 aromatic heterocycles. The Morgan fingerprint density at radius 1 is 1.35 bits per heavy atom. The van der Waals surface area contributed by atoms with Gasteiger partial charge in [0.05, 0.1) is 11.5 Å². The number of carbonyl (C=O) groups is 2. The summed E-state index contributed by atoms with van der Waals surface area (Å²) in [5.74, 6) is -1.32. The molecule has 8 heteroatoms. The summed E-state index contributed by atoms with van der Waals surface area (Å²) in [5.41, 5.74) is -0.133. The minimum Gasteiger partial charge on any atom is -0.480 e. The average molecular weight is 306 g/mol. The van der Waals surface area contributed by atoms with Crippen molar-refractivity contribution in [2.24, 2.45) is 5.41 Å². The number of carbonyl (C=O) groups excluding carboxylic acids is 1. The highest BCUT2D eigenvalue weighted by atomic mass is 32.2. The molecule has 0 radical (unpaired) electrons. The maximum absolute atomic E-state index is 12.1. The van der Waals surface area contributed by atoms with E-state index < -0.39 is 34.4 Å². The highest BCUT2D eigenvalue weighted by Crippen LogP contribution is 2.18. The lowest BCUT2D eigenvalue weighted by molar-refractivity contribution is -0.138. The first-order chi connectivity index (χ1) is 9.00. The van der Waals surface area contributed by atoms with E-state index in [0.717, 1.165) is 4.90 Å². The van der Waals surface area contributed by atoms with Crippen molar-refractivity contribution in [3.05, 3.63) is 0 Å². The van der Waals surface area contributed by atoms with E-state index in [9.17, 15) is 18.0 Å². The number of nitrogens with one attached hydrogen (secondary N) is 1. The molecule has 1 aliphatic heterocycles. The summed E-state index contributed by atoms with van der Waals surface area (Å²) in [6.07, 6.45) is 0.290. The normalized spacial score (nSPS) is 21.4. The van der Waals surface area contributed by atoms with Crippen LogP contribution < -0.4 is 5.32 Å². The SMILES string of the molecule is CC(C)(C)CNC(=O)N(CC(=O)O)C1CCS(=O)(=O)C1. The summed E-state index contributed by atoms with van der Waals surface area (Å²) in [6.45, 7) is 5.72. The van der Waals surface area contributed by atoms with Crippen LogP contribution in [-0.4, -0.2) is 61.1 Å². The third-order valence-electron chi connectivity index (χ3n) is 2.99. The number of aliphatic carboxylic acids is 1. The molecule has 1 saturated heterocycles. The van der Waals surface area contributed by atoms with Gasteiger partial charge in [0.1, 0.15) is 6.54 Å². The van der Waals surface area contributed by atoms with E-state index in [1.165, 1.54) is 0 Å². The van der Waals surface area contributed by atoms with E-state index >= 15 is 0 Å². The topological polar surface area (TPSA) is 104 Å². The molecule has 1 atom stereocenters. The molecule has 7 nitrogen and oxygen atoms in total. The van der Waals surface area contributed by atoms with Gasteiger partial charge in [-0.05, 0) is 11.8 Å². The number of nitrogens with zero attached hydrogens (tertiary/aromatic N) is 1. The lowest BCUT2D eigenvalue weighted by atomic mass is 9.97. The average Bonchev–Trinajstić information content (AvgIpc) is 2.62. The molecule has 2 amide bonds. The van der Waals surface area contributed by atoms with Crippen LogP contribution in [0.1, 0.15) is 27.2 Å². The van der Waals surface area contributed by atoms with Crippen molar-refractivity contribution in [1.29, 1.82) is 0 Å². The number of urea groups is 1. The largest absolute Gasteiger partial charge is 0.480 e. The first-order valence-electron chi connectivity index (χ1n) is 6.47. The fourth-order valence-electron chi connectivity index (χ4n) is 1.98. The van der Waals surface area contributed by atoms with Crippen molar-refractivity contribution < 1.29 is 23.1 Å². The van der Waals surface area contributed by atoms with E-state index in [4.69, 9.17) is 5.11 Å². The van der Waals surface area contributed by atoms with Crippen molar-refractivity contribution in [1.82, 2.24) is 10.2 Å². The summed E-state index contributed by atoms with van der Waals surface area (Å²) < 4.78 is 22.9. The van der Waals surface area contributed by atoms with Crippen LogP contribution in [0.3, 0.4) is 0 Å². The Bertz CT molecular complexity index is 481. The third-order valence-corrected chi connectivity index (χ3v) is 4.74. The van der Waals surface area contributed by atoms with Crippen LogP contribution in [0.2, 0.25) is 0 Å². The molecular weight excluding hydrogens is 284 g/mol. The number of hydrogen-bond donors (Lipinski definition) is 2. The van der Waals surface area contributed by atoms with Crippen LogP contribution in [0, 0.1) is 5.41 Å². The second kappa shape index (κ2) is 5.99. The molecule has 1 unspecified atom stereocenters. The minimum atomic E-state index is -3.17. The molecule has 1 heterocycles. The highest BCUT2D eigenvalue weighted by Gasteiger charge is 2.35. The summed E-state index contributed by atoms with van der Waals surface area (Å²) in [6, 6.07) is -1.08. The van der Waals surface area contributed by atoms with Gasteiger partial charge in [0.2, 0.25) is 0 Å². The van der Waals surface area contributed by atoms with Crippen LogP contribution in [0.25, 0.3) is 0 Å². The molecule has 1 fully saturated rings. The first-order valence-corrected chi connectivity index (χ1v) is 8.29. The molecule has 0 saturated carbocycles. The van der Waals surface area contributed by atoms with E-state index in [-0.39, 0.29) is 16.9 Å². The number of sulfone groups is 1. The van der Waals surface area contributed by atoms with Gasteiger partial charge in [-0.25, -0.2) is 13.2 Å². The Balaban J connectivity index is 2.74. The molecule has 116 valence electrons. The van der Waals surface area contributed by atoms with Gasteiger partial charge >= 0.3 is 12.0 Å². The van der Waals surface area contributed by atoms with Crippen LogP contribution in [0.4, 0.5) is 4.79 Å². The van der Waals surface area contributed by atoms with E-state index in [2.05, 4.69) is 5.32 Å². The van der Waals surface area contributed by atoms with Crippen LogP contribution in [0.15, 0.2) is 0 Å². The smallest absolute Gasteiger partial charge is 0.323 e. The molecule has 1 rings (SSSR count). The van der Waals surface area contributed by atoms with Crippen molar-refractivity contribution in [2.75, 3.05) is 24.6 Å². The standard InChI is InChI=1S/C12H22N2O5S/c1-12(2,3)8-13-11(17)14(6-10(15)16)9-4-5-20(18,19)7-9/h9H,4-8H2,1-3H3,(H,13,17)(H,15,16). The van der Waals surface area contributed by atoms with E-state index in [1.54, 1.807) is 0 Å². The zero-order valence-corrected chi connectivity index (χ0v) is 12.9. The molecule has 0 spiro atoms. The monoisotopic (exact) mass is 306 g/mol. The fourth-order valence-corrected chi connectivity index (χ4v) is 3.71. The minimum absolute atomic E-state index is 0.000334. The Morgan fingerprint density at radius 2 is 1.95 bits per heavy atom. The molecule has 0 aliphatic carbocycles. The van der Waals surface area contributed by atoms with Gasteiger partial charge in [0.25, 0.3) is 0 Å². The number of rotatable bonds is 4. The zero-order valence-electron chi connectivity index (χ0n) is 12.0. The summed E-state index contributed by atoms with van der Waals surface area (Å²) in [5, 5.41) is 11.5.